The van der Waals surface area contributed by atoms with E-state index in [9.17, 15) is 4.39 Å². The number of fused-ring (bicyclic) bond motifs is 1. The highest BCUT2D eigenvalue weighted by molar-refractivity contribution is 5.89. The summed E-state index contributed by atoms with van der Waals surface area (Å²) in [5, 5.41) is 0. The largest absolute Gasteiger partial charge is 0.397 e. The third-order valence-electron chi connectivity index (χ3n) is 2.92. The number of nitrogens with zero attached hydrogens (tertiary/aromatic N) is 1. The van der Waals surface area contributed by atoms with E-state index < -0.39 is 0 Å². The van der Waals surface area contributed by atoms with Crippen molar-refractivity contribution in [3.8, 4) is 11.4 Å². The van der Waals surface area contributed by atoms with Gasteiger partial charge < -0.3 is 10.7 Å². The summed E-state index contributed by atoms with van der Waals surface area (Å²) < 4.78 is 13.9. The second kappa shape index (κ2) is 3.84. The second-order valence-electron chi connectivity index (χ2n) is 4.31. The lowest BCUT2D eigenvalue weighted by Crippen LogP contribution is -1.88. The molecule has 1 heterocycles. The summed E-state index contributed by atoms with van der Waals surface area (Å²) in [6, 6.07) is 10.6. The van der Waals surface area contributed by atoms with Crippen LogP contribution >= 0.6 is 0 Å². The summed E-state index contributed by atoms with van der Waals surface area (Å²) in [6.45, 7) is 1.85. The summed E-state index contributed by atoms with van der Waals surface area (Å²) in [4.78, 5) is 7.43. The quantitative estimate of drug-likeness (QED) is 0.642. The van der Waals surface area contributed by atoms with Crippen molar-refractivity contribution in [2.24, 2.45) is 0 Å². The van der Waals surface area contributed by atoms with Gasteiger partial charge in [0.15, 0.2) is 0 Å². The van der Waals surface area contributed by atoms with Crippen LogP contribution in [0.2, 0.25) is 0 Å². The Morgan fingerprint density at radius 2 is 2.06 bits per heavy atom. The summed E-state index contributed by atoms with van der Waals surface area (Å²) in [6.07, 6.45) is 0. The summed E-state index contributed by atoms with van der Waals surface area (Å²) in [5.41, 5.74) is 9.24. The molecule has 3 rings (SSSR count). The van der Waals surface area contributed by atoms with Crippen molar-refractivity contribution in [1.82, 2.24) is 9.97 Å². The Bertz CT molecular complexity index is 731. The van der Waals surface area contributed by atoms with E-state index in [1.807, 2.05) is 25.1 Å². The van der Waals surface area contributed by atoms with Gasteiger partial charge in [0.05, 0.1) is 16.8 Å². The second-order valence-corrected chi connectivity index (χ2v) is 4.31. The Labute approximate surface area is 103 Å². The first-order valence-electron chi connectivity index (χ1n) is 5.66. The molecule has 3 nitrogen and oxygen atoms in total. The fraction of sp³-hybridized carbons (Fsp3) is 0.0714. The van der Waals surface area contributed by atoms with Crippen LogP contribution in [-0.4, -0.2) is 9.97 Å². The van der Waals surface area contributed by atoms with E-state index in [1.54, 1.807) is 12.1 Å². The maximum absolute atomic E-state index is 13.9. The smallest absolute Gasteiger partial charge is 0.141 e. The van der Waals surface area contributed by atoms with Crippen LogP contribution in [0, 0.1) is 12.7 Å². The molecule has 0 aliphatic carbocycles. The van der Waals surface area contributed by atoms with Gasteiger partial charge in [0.25, 0.3) is 0 Å². The lowest BCUT2D eigenvalue weighted by atomic mass is 10.1. The van der Waals surface area contributed by atoms with Crippen LogP contribution < -0.4 is 5.73 Å². The minimum atomic E-state index is -0.285. The Morgan fingerprint density at radius 3 is 2.78 bits per heavy atom. The zero-order chi connectivity index (χ0) is 12.7. The minimum Gasteiger partial charge on any atom is -0.397 e. The molecule has 0 saturated heterocycles. The SMILES string of the molecule is Cc1ccc(-c2nc3c(N)cccc3[nH]2)c(F)c1. The number of nitrogens with one attached hydrogen (secondary N) is 1. The number of hydrogen-bond acceptors (Lipinski definition) is 2. The molecule has 3 N–H and O–H groups in total. The van der Waals surface area contributed by atoms with Crippen LogP contribution in [0.5, 0.6) is 0 Å². The molecule has 1 aromatic heterocycles. The van der Waals surface area contributed by atoms with Gasteiger partial charge in [-0.1, -0.05) is 12.1 Å². The number of H-pyrrole nitrogens is 1. The van der Waals surface area contributed by atoms with E-state index in [0.717, 1.165) is 11.1 Å². The Hall–Kier alpha value is -2.36. The van der Waals surface area contributed by atoms with Crippen LogP contribution in [-0.2, 0) is 0 Å². The number of nitrogens with two attached hydrogens (primary N) is 1. The van der Waals surface area contributed by atoms with E-state index >= 15 is 0 Å². The van der Waals surface area contributed by atoms with Crippen molar-refractivity contribution >= 4 is 16.7 Å². The van der Waals surface area contributed by atoms with Gasteiger partial charge in [-0.05, 0) is 36.8 Å². The molecule has 18 heavy (non-hydrogen) atoms. The average Bonchev–Trinajstić information content (AvgIpc) is 2.74. The van der Waals surface area contributed by atoms with Crippen molar-refractivity contribution in [1.29, 1.82) is 0 Å². The van der Waals surface area contributed by atoms with Gasteiger partial charge in [-0.3, -0.25) is 0 Å². The molecule has 0 fully saturated rings. The van der Waals surface area contributed by atoms with E-state index in [-0.39, 0.29) is 5.82 Å². The van der Waals surface area contributed by atoms with E-state index in [0.29, 0.717) is 22.6 Å². The number of imidazole rings is 1. The number of para-hydroxylation sites is 1. The number of benzene rings is 2. The molecule has 90 valence electrons. The third kappa shape index (κ3) is 1.62. The van der Waals surface area contributed by atoms with Gasteiger partial charge in [0, 0.05) is 0 Å². The van der Waals surface area contributed by atoms with Gasteiger partial charge in [0.1, 0.15) is 17.2 Å². The lowest BCUT2D eigenvalue weighted by molar-refractivity contribution is 0.629. The standard InChI is InChI=1S/C14H12FN3/c1-8-5-6-9(10(15)7-8)14-17-12-4-2-3-11(16)13(12)18-14/h2-7H,16H2,1H3,(H,17,18). The normalized spacial score (nSPS) is 11.0. The molecular formula is C14H12FN3. The van der Waals surface area contributed by atoms with Crippen LogP contribution in [0.25, 0.3) is 22.4 Å². The Balaban J connectivity index is 2.23. The molecular weight excluding hydrogens is 229 g/mol. The first kappa shape index (κ1) is 10.8. The van der Waals surface area contributed by atoms with Crippen LogP contribution in [0.15, 0.2) is 36.4 Å². The van der Waals surface area contributed by atoms with Crippen molar-refractivity contribution in [3.05, 3.63) is 47.8 Å². The number of aromatic nitrogens is 2. The molecule has 4 heteroatoms. The van der Waals surface area contributed by atoms with Gasteiger partial charge >= 0.3 is 0 Å². The minimum absolute atomic E-state index is 0.285. The zero-order valence-corrected chi connectivity index (χ0v) is 9.87. The Morgan fingerprint density at radius 1 is 1.22 bits per heavy atom. The number of halogens is 1. The predicted molar refractivity (Wildman–Crippen MR) is 70.6 cm³/mol. The highest BCUT2D eigenvalue weighted by Gasteiger charge is 2.11. The molecule has 3 aromatic rings. The summed E-state index contributed by atoms with van der Waals surface area (Å²) in [5.74, 6) is 0.216. The number of nitrogen functional groups attached to an aromatic ring is 1. The molecule has 0 aliphatic heterocycles. The zero-order valence-electron chi connectivity index (χ0n) is 9.87. The van der Waals surface area contributed by atoms with Gasteiger partial charge in [-0.15, -0.1) is 0 Å². The van der Waals surface area contributed by atoms with Crippen LogP contribution in [0.1, 0.15) is 5.56 Å². The topological polar surface area (TPSA) is 54.7 Å². The van der Waals surface area contributed by atoms with Crippen molar-refractivity contribution < 1.29 is 4.39 Å². The van der Waals surface area contributed by atoms with Crippen molar-refractivity contribution in [2.75, 3.05) is 5.73 Å². The van der Waals surface area contributed by atoms with Gasteiger partial charge in [0.2, 0.25) is 0 Å². The fourth-order valence-corrected chi connectivity index (χ4v) is 1.99. The summed E-state index contributed by atoms with van der Waals surface area (Å²) >= 11 is 0. The van der Waals surface area contributed by atoms with Gasteiger partial charge in [-0.2, -0.15) is 0 Å². The average molecular weight is 241 g/mol. The molecule has 0 bridgehead atoms. The van der Waals surface area contributed by atoms with Gasteiger partial charge in [-0.25, -0.2) is 9.37 Å². The first-order chi connectivity index (χ1) is 8.65. The fourth-order valence-electron chi connectivity index (χ4n) is 1.99. The maximum atomic E-state index is 13.9. The monoisotopic (exact) mass is 241 g/mol. The van der Waals surface area contributed by atoms with Crippen molar-refractivity contribution in [2.45, 2.75) is 6.92 Å². The third-order valence-corrected chi connectivity index (χ3v) is 2.92. The number of hydrogen-bond donors (Lipinski definition) is 2. The highest BCUT2D eigenvalue weighted by atomic mass is 19.1. The molecule has 0 atom stereocenters. The first-order valence-corrected chi connectivity index (χ1v) is 5.66. The molecule has 0 radical (unpaired) electrons. The maximum Gasteiger partial charge on any atom is 0.141 e. The van der Waals surface area contributed by atoms with Crippen LogP contribution in [0.4, 0.5) is 10.1 Å². The van der Waals surface area contributed by atoms with E-state index in [1.165, 1.54) is 6.07 Å². The molecule has 0 unspecified atom stereocenters. The number of anilines is 1. The molecule has 2 aromatic carbocycles. The van der Waals surface area contributed by atoms with E-state index in [2.05, 4.69) is 9.97 Å². The number of rotatable bonds is 1. The summed E-state index contributed by atoms with van der Waals surface area (Å²) in [7, 11) is 0. The van der Waals surface area contributed by atoms with Crippen LogP contribution in [0.3, 0.4) is 0 Å². The Kier molecular flexibility index (Phi) is 2.30. The predicted octanol–water partition coefficient (Wildman–Crippen LogP) is 3.26. The molecule has 0 saturated carbocycles. The molecule has 0 aliphatic rings. The van der Waals surface area contributed by atoms with E-state index in [4.69, 9.17) is 5.73 Å². The molecule has 0 spiro atoms. The highest BCUT2D eigenvalue weighted by Crippen LogP contribution is 2.26. The molecule has 0 amide bonds. The lowest BCUT2D eigenvalue weighted by Gasteiger charge is -2.00. The number of aryl methyl sites for hydroxylation is 1. The van der Waals surface area contributed by atoms with Crippen molar-refractivity contribution in [3.63, 3.8) is 0 Å². The number of aromatic amines is 1.